The average Bonchev–Trinajstić information content (AvgIpc) is 2.40. The standard InChI is InChI=1S/C13H12ClN3O3S/c14-9-2-1-3-12(8-9)16-13(18)15-10-4-6-11(7-5-10)17-21(19)20/h1-8,17H,(H,19,20)(H2,15,16,18). The van der Waals surface area contributed by atoms with Crippen molar-refractivity contribution in [1.29, 1.82) is 0 Å². The maximum Gasteiger partial charge on any atom is 0.323 e. The summed E-state index contributed by atoms with van der Waals surface area (Å²) < 4.78 is 21.6. The molecule has 0 saturated heterocycles. The van der Waals surface area contributed by atoms with Crippen LogP contribution in [0.1, 0.15) is 0 Å². The van der Waals surface area contributed by atoms with Crippen LogP contribution in [0, 0.1) is 0 Å². The van der Waals surface area contributed by atoms with Gasteiger partial charge in [-0.05, 0) is 42.5 Å². The predicted molar refractivity (Wildman–Crippen MR) is 84.9 cm³/mol. The van der Waals surface area contributed by atoms with Crippen LogP contribution in [0.25, 0.3) is 0 Å². The Morgan fingerprint density at radius 1 is 1.00 bits per heavy atom. The molecule has 0 heterocycles. The van der Waals surface area contributed by atoms with Crippen LogP contribution in [-0.4, -0.2) is 14.8 Å². The zero-order valence-corrected chi connectivity index (χ0v) is 12.2. The molecule has 110 valence electrons. The SMILES string of the molecule is O=C(Nc1ccc(NS(=O)O)cc1)Nc1cccc(Cl)c1. The minimum absolute atomic E-state index is 0.413. The van der Waals surface area contributed by atoms with Crippen molar-refractivity contribution in [1.82, 2.24) is 0 Å². The van der Waals surface area contributed by atoms with E-state index in [4.69, 9.17) is 16.2 Å². The average molecular weight is 326 g/mol. The van der Waals surface area contributed by atoms with Gasteiger partial charge in [-0.25, -0.2) is 9.00 Å². The Hall–Kier alpha value is -2.09. The topological polar surface area (TPSA) is 90.5 Å². The quantitative estimate of drug-likeness (QED) is 0.648. The van der Waals surface area contributed by atoms with E-state index in [-0.39, 0.29) is 0 Å². The van der Waals surface area contributed by atoms with Gasteiger partial charge >= 0.3 is 6.03 Å². The third-order valence-corrected chi connectivity index (χ3v) is 3.08. The molecule has 21 heavy (non-hydrogen) atoms. The van der Waals surface area contributed by atoms with Gasteiger partial charge in [-0.3, -0.25) is 9.27 Å². The first-order valence-corrected chi connectivity index (χ1v) is 7.32. The number of carbonyl (C=O) groups is 1. The molecular weight excluding hydrogens is 314 g/mol. The third kappa shape index (κ3) is 5.07. The van der Waals surface area contributed by atoms with Crippen molar-refractivity contribution in [3.63, 3.8) is 0 Å². The van der Waals surface area contributed by atoms with Gasteiger partial charge < -0.3 is 10.6 Å². The first-order valence-electron chi connectivity index (χ1n) is 5.84. The van der Waals surface area contributed by atoms with Gasteiger partial charge in [-0.1, -0.05) is 17.7 Å². The summed E-state index contributed by atoms with van der Waals surface area (Å²) in [6, 6.07) is 12.7. The molecule has 1 unspecified atom stereocenters. The molecule has 2 aromatic rings. The van der Waals surface area contributed by atoms with E-state index in [0.29, 0.717) is 22.1 Å². The fraction of sp³-hybridized carbons (Fsp3) is 0. The number of hydrogen-bond donors (Lipinski definition) is 4. The number of amides is 2. The van der Waals surface area contributed by atoms with Crippen LogP contribution in [-0.2, 0) is 11.3 Å². The van der Waals surface area contributed by atoms with Crippen molar-refractivity contribution < 1.29 is 13.6 Å². The van der Waals surface area contributed by atoms with Crippen molar-refractivity contribution in [2.24, 2.45) is 0 Å². The van der Waals surface area contributed by atoms with E-state index in [0.717, 1.165) is 0 Å². The van der Waals surface area contributed by atoms with Gasteiger partial charge in [0.2, 0.25) is 0 Å². The van der Waals surface area contributed by atoms with Crippen LogP contribution in [0.5, 0.6) is 0 Å². The maximum atomic E-state index is 11.8. The fourth-order valence-electron chi connectivity index (χ4n) is 1.58. The molecule has 0 aromatic heterocycles. The van der Waals surface area contributed by atoms with E-state index in [2.05, 4.69) is 15.4 Å². The molecule has 0 aliphatic carbocycles. The highest BCUT2D eigenvalue weighted by Gasteiger charge is 2.03. The predicted octanol–water partition coefficient (Wildman–Crippen LogP) is 3.53. The highest BCUT2D eigenvalue weighted by atomic mass is 35.5. The van der Waals surface area contributed by atoms with Crippen LogP contribution in [0.4, 0.5) is 21.9 Å². The Labute approximate surface area is 128 Å². The number of halogens is 1. The number of benzene rings is 2. The third-order valence-electron chi connectivity index (χ3n) is 2.43. The van der Waals surface area contributed by atoms with Crippen LogP contribution < -0.4 is 15.4 Å². The molecule has 2 amide bonds. The van der Waals surface area contributed by atoms with E-state index < -0.39 is 17.3 Å². The Kier molecular flexibility index (Phi) is 5.15. The lowest BCUT2D eigenvalue weighted by atomic mass is 10.3. The van der Waals surface area contributed by atoms with Crippen molar-refractivity contribution in [2.75, 3.05) is 15.4 Å². The van der Waals surface area contributed by atoms with Gasteiger partial charge in [0.1, 0.15) is 0 Å². The number of anilines is 3. The smallest absolute Gasteiger partial charge is 0.308 e. The monoisotopic (exact) mass is 325 g/mol. The maximum absolute atomic E-state index is 11.8. The molecule has 0 aliphatic rings. The molecule has 0 saturated carbocycles. The second-order valence-corrected chi connectivity index (χ2v) is 5.16. The summed E-state index contributed by atoms with van der Waals surface area (Å²) in [5, 5.41) is 5.80. The molecule has 4 N–H and O–H groups in total. The lowest BCUT2D eigenvalue weighted by Crippen LogP contribution is -2.19. The Bertz CT molecular complexity index is 664. The van der Waals surface area contributed by atoms with Crippen LogP contribution >= 0.6 is 11.6 Å². The minimum Gasteiger partial charge on any atom is -0.308 e. The van der Waals surface area contributed by atoms with Gasteiger partial charge in [-0.2, -0.15) is 0 Å². The molecule has 1 atom stereocenters. The van der Waals surface area contributed by atoms with Gasteiger partial charge in [-0.15, -0.1) is 0 Å². The molecule has 0 aliphatic heterocycles. The minimum atomic E-state index is -2.12. The molecular formula is C13H12ClN3O3S. The first-order chi connectivity index (χ1) is 10.0. The summed E-state index contributed by atoms with van der Waals surface area (Å²) in [4.78, 5) is 11.8. The molecule has 2 aromatic carbocycles. The summed E-state index contributed by atoms with van der Waals surface area (Å²) in [7, 11) is 0. The van der Waals surface area contributed by atoms with Gasteiger partial charge in [0, 0.05) is 22.1 Å². The van der Waals surface area contributed by atoms with Crippen LogP contribution in [0.2, 0.25) is 5.02 Å². The fourth-order valence-corrected chi connectivity index (χ4v) is 2.11. The Morgan fingerprint density at radius 2 is 1.62 bits per heavy atom. The van der Waals surface area contributed by atoms with Crippen LogP contribution in [0.3, 0.4) is 0 Å². The molecule has 8 heteroatoms. The highest BCUT2D eigenvalue weighted by Crippen LogP contribution is 2.16. The zero-order chi connectivity index (χ0) is 15.2. The largest absolute Gasteiger partial charge is 0.323 e. The number of rotatable bonds is 4. The molecule has 2 rings (SSSR count). The second-order valence-electron chi connectivity index (χ2n) is 4.02. The molecule has 0 radical (unpaired) electrons. The number of urea groups is 1. The molecule has 0 fully saturated rings. The lowest BCUT2D eigenvalue weighted by molar-refractivity contribution is 0.262. The van der Waals surface area contributed by atoms with E-state index in [1.807, 2.05) is 0 Å². The summed E-state index contributed by atoms with van der Waals surface area (Å²) >= 11 is 3.70. The molecule has 6 nitrogen and oxygen atoms in total. The summed E-state index contributed by atoms with van der Waals surface area (Å²) in [6.07, 6.45) is 0. The Balaban J connectivity index is 1.95. The summed E-state index contributed by atoms with van der Waals surface area (Å²) in [6.45, 7) is 0. The van der Waals surface area contributed by atoms with Gasteiger partial charge in [0.25, 0.3) is 11.3 Å². The molecule has 0 bridgehead atoms. The molecule has 0 spiro atoms. The zero-order valence-electron chi connectivity index (χ0n) is 10.7. The Morgan fingerprint density at radius 3 is 2.24 bits per heavy atom. The van der Waals surface area contributed by atoms with E-state index in [9.17, 15) is 9.00 Å². The van der Waals surface area contributed by atoms with E-state index in [1.54, 1.807) is 48.5 Å². The van der Waals surface area contributed by atoms with E-state index in [1.165, 1.54) is 0 Å². The summed E-state index contributed by atoms with van der Waals surface area (Å²) in [5.74, 6) is 0. The normalized spacial score (nSPS) is 11.5. The lowest BCUT2D eigenvalue weighted by Gasteiger charge is -2.08. The van der Waals surface area contributed by atoms with Gasteiger partial charge in [0.05, 0.1) is 0 Å². The van der Waals surface area contributed by atoms with Crippen molar-refractivity contribution in [2.45, 2.75) is 0 Å². The number of carbonyl (C=O) groups excluding carboxylic acids is 1. The number of nitrogens with one attached hydrogen (secondary N) is 3. The highest BCUT2D eigenvalue weighted by molar-refractivity contribution is 7.80. The van der Waals surface area contributed by atoms with Crippen molar-refractivity contribution in [3.05, 3.63) is 53.6 Å². The van der Waals surface area contributed by atoms with Crippen LogP contribution in [0.15, 0.2) is 48.5 Å². The van der Waals surface area contributed by atoms with Gasteiger partial charge in [0.15, 0.2) is 0 Å². The van der Waals surface area contributed by atoms with Crippen molar-refractivity contribution in [3.8, 4) is 0 Å². The number of hydrogen-bond acceptors (Lipinski definition) is 2. The first kappa shape index (κ1) is 15.3. The second kappa shape index (κ2) is 7.07. The summed E-state index contributed by atoms with van der Waals surface area (Å²) in [5.41, 5.74) is 1.59. The van der Waals surface area contributed by atoms with Crippen molar-refractivity contribution >= 4 is 46.0 Å². The van der Waals surface area contributed by atoms with E-state index >= 15 is 0 Å².